The Kier molecular flexibility index (Phi) is 6.66. The summed E-state index contributed by atoms with van der Waals surface area (Å²) in [6.07, 6.45) is 8.35. The minimum Gasteiger partial charge on any atom is -0.398 e. The monoisotopic (exact) mass is 445 g/mol. The molecule has 0 amide bonds. The Morgan fingerprint density at radius 3 is 2.55 bits per heavy atom. The lowest BCUT2D eigenvalue weighted by molar-refractivity contribution is 0.235. The van der Waals surface area contributed by atoms with E-state index in [9.17, 15) is 5.26 Å². The first kappa shape index (κ1) is 23.5. The zero-order valence-corrected chi connectivity index (χ0v) is 21.0. The molecule has 1 saturated heterocycles. The van der Waals surface area contributed by atoms with Crippen LogP contribution in [-0.4, -0.2) is 22.6 Å². The van der Waals surface area contributed by atoms with Crippen molar-refractivity contribution in [3.63, 3.8) is 0 Å². The number of nitrogens with zero attached hydrogens (tertiary/aromatic N) is 4. The van der Waals surface area contributed by atoms with Crippen LogP contribution in [0.25, 0.3) is 0 Å². The van der Waals surface area contributed by atoms with Crippen molar-refractivity contribution >= 4 is 11.5 Å². The maximum Gasteiger partial charge on any atom is 0.136 e. The standard InChI is InChI=1S/C28H39N5/c1-6-26-31-24-16-21-19(12-13-23(30)22(21)17-29)18(2)10-8-7-9-11-20(24)27(32-26)33-15-14-25(33)28(3,4)5/h12-13,18,25H,6-11,14-16,30H2,1-5H3. The van der Waals surface area contributed by atoms with Crippen LogP contribution in [0.3, 0.4) is 0 Å². The summed E-state index contributed by atoms with van der Waals surface area (Å²) in [5.41, 5.74) is 12.4. The van der Waals surface area contributed by atoms with E-state index in [-0.39, 0.29) is 5.41 Å². The highest BCUT2D eigenvalue weighted by Gasteiger charge is 2.39. The highest BCUT2D eigenvalue weighted by molar-refractivity contribution is 5.62. The first-order valence-electron chi connectivity index (χ1n) is 12.7. The number of anilines is 2. The van der Waals surface area contributed by atoms with Gasteiger partial charge in [0.25, 0.3) is 0 Å². The molecule has 0 saturated carbocycles. The van der Waals surface area contributed by atoms with Gasteiger partial charge in [0, 0.05) is 36.7 Å². The van der Waals surface area contributed by atoms with Crippen LogP contribution in [0.2, 0.25) is 0 Å². The third-order valence-corrected chi connectivity index (χ3v) is 7.66. The van der Waals surface area contributed by atoms with E-state index in [1.807, 2.05) is 6.07 Å². The molecule has 4 rings (SSSR count). The number of fused-ring (bicyclic) bond motifs is 2. The van der Waals surface area contributed by atoms with Crippen LogP contribution in [0, 0.1) is 16.7 Å². The zero-order chi connectivity index (χ0) is 23.8. The molecule has 5 nitrogen and oxygen atoms in total. The summed E-state index contributed by atoms with van der Waals surface area (Å²) in [5, 5.41) is 10.00. The molecule has 1 aromatic heterocycles. The van der Waals surface area contributed by atoms with Gasteiger partial charge in [-0.25, -0.2) is 9.97 Å². The second kappa shape index (κ2) is 9.33. The number of nitrogens with two attached hydrogens (primary N) is 1. The maximum absolute atomic E-state index is 10.00. The Morgan fingerprint density at radius 2 is 1.91 bits per heavy atom. The van der Waals surface area contributed by atoms with Gasteiger partial charge in [0.15, 0.2) is 0 Å². The number of rotatable bonds is 2. The van der Waals surface area contributed by atoms with Gasteiger partial charge in [-0.05, 0) is 54.2 Å². The topological polar surface area (TPSA) is 78.8 Å². The Morgan fingerprint density at radius 1 is 1.12 bits per heavy atom. The van der Waals surface area contributed by atoms with E-state index in [1.165, 1.54) is 30.4 Å². The molecule has 1 fully saturated rings. The summed E-state index contributed by atoms with van der Waals surface area (Å²) >= 11 is 0. The molecule has 176 valence electrons. The van der Waals surface area contributed by atoms with Gasteiger partial charge in [-0.2, -0.15) is 5.26 Å². The predicted molar refractivity (Wildman–Crippen MR) is 136 cm³/mol. The van der Waals surface area contributed by atoms with Gasteiger partial charge < -0.3 is 10.6 Å². The second-order valence-electron chi connectivity index (χ2n) is 11.0. The van der Waals surface area contributed by atoms with E-state index in [0.29, 0.717) is 29.6 Å². The van der Waals surface area contributed by atoms with E-state index in [2.05, 4.69) is 51.7 Å². The van der Waals surface area contributed by atoms with Crippen molar-refractivity contribution in [1.82, 2.24) is 9.97 Å². The minimum atomic E-state index is 0.209. The molecule has 2 N–H and O–H groups in total. The fourth-order valence-electron chi connectivity index (χ4n) is 5.62. The fraction of sp³-hybridized carbons (Fsp3) is 0.607. The van der Waals surface area contributed by atoms with Gasteiger partial charge in [0.05, 0.1) is 11.3 Å². The van der Waals surface area contributed by atoms with Crippen LogP contribution >= 0.6 is 0 Å². The number of aromatic nitrogens is 2. The molecule has 2 unspecified atom stereocenters. The number of nitrogen functional groups attached to an aromatic ring is 1. The Labute approximate surface area is 199 Å². The number of benzene rings is 1. The molecule has 5 heteroatoms. The van der Waals surface area contributed by atoms with Crippen molar-refractivity contribution in [3.8, 4) is 6.07 Å². The lowest BCUT2D eigenvalue weighted by Gasteiger charge is -2.50. The van der Waals surface area contributed by atoms with Crippen LogP contribution < -0.4 is 10.6 Å². The summed E-state index contributed by atoms with van der Waals surface area (Å²) in [7, 11) is 0. The highest BCUT2D eigenvalue weighted by Crippen LogP contribution is 2.40. The molecule has 2 aliphatic rings. The molecule has 1 aliphatic carbocycles. The second-order valence-corrected chi connectivity index (χ2v) is 11.0. The summed E-state index contributed by atoms with van der Waals surface area (Å²) in [5.74, 6) is 2.44. The summed E-state index contributed by atoms with van der Waals surface area (Å²) < 4.78 is 0. The van der Waals surface area contributed by atoms with E-state index in [1.54, 1.807) is 0 Å². The zero-order valence-electron chi connectivity index (χ0n) is 21.0. The van der Waals surface area contributed by atoms with Crippen molar-refractivity contribution in [2.75, 3.05) is 17.2 Å². The maximum atomic E-state index is 10.00. The summed E-state index contributed by atoms with van der Waals surface area (Å²) in [6.45, 7) is 12.4. The van der Waals surface area contributed by atoms with Gasteiger partial charge in [0.1, 0.15) is 17.7 Å². The van der Waals surface area contributed by atoms with Crippen LogP contribution in [0.4, 0.5) is 11.5 Å². The van der Waals surface area contributed by atoms with E-state index < -0.39 is 0 Å². The van der Waals surface area contributed by atoms with Gasteiger partial charge in [0.2, 0.25) is 0 Å². The Hall–Kier alpha value is -2.61. The predicted octanol–water partition coefficient (Wildman–Crippen LogP) is 5.93. The van der Waals surface area contributed by atoms with Crippen LogP contribution in [0.5, 0.6) is 0 Å². The third kappa shape index (κ3) is 4.58. The van der Waals surface area contributed by atoms with Crippen molar-refractivity contribution < 1.29 is 0 Å². The van der Waals surface area contributed by atoms with Gasteiger partial charge in [-0.15, -0.1) is 0 Å². The van der Waals surface area contributed by atoms with E-state index in [0.717, 1.165) is 55.1 Å². The number of hydrogen-bond acceptors (Lipinski definition) is 5. The third-order valence-electron chi connectivity index (χ3n) is 7.66. The lowest BCUT2D eigenvalue weighted by atomic mass is 9.79. The summed E-state index contributed by atoms with van der Waals surface area (Å²) in [6, 6.07) is 6.96. The number of nitriles is 1. The van der Waals surface area contributed by atoms with Crippen molar-refractivity contribution in [2.45, 2.75) is 97.9 Å². The minimum absolute atomic E-state index is 0.209. The molecule has 0 radical (unpaired) electrons. The normalized spacial score (nSPS) is 21.3. The van der Waals surface area contributed by atoms with Crippen molar-refractivity contribution in [3.05, 3.63) is 45.9 Å². The summed E-state index contributed by atoms with van der Waals surface area (Å²) in [4.78, 5) is 12.7. The van der Waals surface area contributed by atoms with Gasteiger partial charge >= 0.3 is 0 Å². The molecule has 1 aromatic carbocycles. The van der Waals surface area contributed by atoms with Crippen LogP contribution in [0.1, 0.15) is 106 Å². The van der Waals surface area contributed by atoms with Gasteiger partial charge in [-0.3, -0.25) is 0 Å². The van der Waals surface area contributed by atoms with Crippen LogP contribution in [0.15, 0.2) is 12.1 Å². The first-order valence-corrected chi connectivity index (χ1v) is 12.7. The molecule has 2 aromatic rings. The number of hydrogen-bond donors (Lipinski definition) is 1. The van der Waals surface area contributed by atoms with Crippen LogP contribution in [-0.2, 0) is 19.3 Å². The Balaban J connectivity index is 1.89. The molecule has 33 heavy (non-hydrogen) atoms. The smallest absolute Gasteiger partial charge is 0.136 e. The quantitative estimate of drug-likeness (QED) is 0.580. The van der Waals surface area contributed by atoms with Gasteiger partial charge in [-0.1, -0.05) is 53.5 Å². The lowest BCUT2D eigenvalue weighted by Crippen LogP contribution is -2.55. The van der Waals surface area contributed by atoms with Crippen molar-refractivity contribution in [2.24, 2.45) is 5.41 Å². The average molecular weight is 446 g/mol. The highest BCUT2D eigenvalue weighted by atomic mass is 15.3. The largest absolute Gasteiger partial charge is 0.398 e. The first-order chi connectivity index (χ1) is 15.7. The molecule has 0 spiro atoms. The van der Waals surface area contributed by atoms with E-state index in [4.69, 9.17) is 15.7 Å². The molecule has 1 aliphatic heterocycles. The van der Waals surface area contributed by atoms with E-state index >= 15 is 0 Å². The fourth-order valence-corrected chi connectivity index (χ4v) is 5.62. The van der Waals surface area contributed by atoms with Crippen molar-refractivity contribution in [1.29, 1.82) is 5.26 Å². The number of aryl methyl sites for hydroxylation is 1. The molecule has 2 heterocycles. The molecule has 0 bridgehead atoms. The SMILES string of the molecule is CCc1nc2c(c(N3CCC3C(C)(C)C)n1)CCCCCC(C)c1ccc(N)c(C#N)c1C2. The molecule has 2 atom stereocenters. The average Bonchev–Trinajstić information content (AvgIpc) is 2.75. The molecular formula is C28H39N5. The Bertz CT molecular complexity index is 1060. The molecular weight excluding hydrogens is 406 g/mol.